The number of nitrogens with zero attached hydrogens (tertiary/aromatic N) is 6. The Labute approximate surface area is 347 Å². The second-order valence-corrected chi connectivity index (χ2v) is 12.4. The third-order valence-electron chi connectivity index (χ3n) is 8.90. The number of imidazole rings is 2. The van der Waals surface area contributed by atoms with Crippen molar-refractivity contribution in [3.05, 3.63) is 147 Å². The van der Waals surface area contributed by atoms with Crippen LogP contribution in [-0.4, -0.2) is 29.1 Å². The molecule has 8 rings (SSSR count). The van der Waals surface area contributed by atoms with Crippen LogP contribution >= 0.6 is 0 Å². The van der Waals surface area contributed by atoms with Crippen LogP contribution in [0.1, 0.15) is 87.7 Å². The predicted octanol–water partition coefficient (Wildman–Crippen LogP) is 9.58. The van der Waals surface area contributed by atoms with E-state index in [2.05, 4.69) is 56.3 Å². The molecule has 2 aliphatic carbocycles. The number of ether oxygens (including phenoxy) is 2. The number of pyridine rings is 2. The van der Waals surface area contributed by atoms with E-state index in [0.717, 1.165) is 11.6 Å². The molecule has 8 nitrogen and oxygen atoms in total. The van der Waals surface area contributed by atoms with Gasteiger partial charge in [-0.15, -0.1) is 0 Å². The largest absolute Gasteiger partial charge is 0.669 e. The van der Waals surface area contributed by atoms with E-state index in [1.54, 1.807) is 82.7 Å². The molecule has 0 unspecified atom stereocenters. The second kappa shape index (κ2) is 22.5. The molecule has 2 aliphatic rings. The first-order valence-corrected chi connectivity index (χ1v) is 17.7. The van der Waals surface area contributed by atoms with Crippen LogP contribution in [0, 0.1) is 49.2 Å². The topological polar surface area (TPSA) is 79.9 Å². The van der Waals surface area contributed by atoms with Gasteiger partial charge in [0.2, 0.25) is 11.8 Å². The van der Waals surface area contributed by atoms with Gasteiger partial charge in [-0.3, -0.25) is 12.1 Å². The summed E-state index contributed by atoms with van der Waals surface area (Å²) < 4.78 is 14.8. The van der Waals surface area contributed by atoms with Crippen LogP contribution in [0.2, 0.25) is 0 Å². The van der Waals surface area contributed by atoms with Crippen LogP contribution in [0.5, 0.6) is 23.3 Å². The zero-order chi connectivity index (χ0) is 35.8. The zero-order valence-corrected chi connectivity index (χ0v) is 34.1. The molecule has 0 aliphatic heterocycles. The summed E-state index contributed by atoms with van der Waals surface area (Å²) in [6, 6.07) is 35.3. The first-order valence-electron chi connectivity index (χ1n) is 17.7. The SMILES string of the molecule is [C-]#Cn1ccnc1C1CCCCC1.[C-]#Cn1ccnc1C1CCCCC1.[Pt].[Pt].[c-]1ccc(Oc2ccccn2)[c-]c1-c1[c-]ccc(Oc2ccccn2)[c-]1. The number of hydrogen-bond donors (Lipinski definition) is 0. The molecule has 4 heterocycles. The summed E-state index contributed by atoms with van der Waals surface area (Å²) >= 11 is 0. The van der Waals surface area contributed by atoms with Crippen molar-refractivity contribution >= 4 is 0 Å². The summed E-state index contributed by atoms with van der Waals surface area (Å²) in [5.74, 6) is 5.24. The Balaban J connectivity index is 0.000000196. The smallest absolute Gasteiger partial charge is 0.215 e. The first kappa shape index (κ1) is 42.0. The van der Waals surface area contributed by atoms with Gasteiger partial charge in [-0.1, -0.05) is 62.2 Å². The van der Waals surface area contributed by atoms with E-state index < -0.39 is 0 Å². The van der Waals surface area contributed by atoms with Crippen LogP contribution in [0.15, 0.2) is 97.8 Å². The van der Waals surface area contributed by atoms with Gasteiger partial charge in [-0.05, 0) is 37.8 Å². The van der Waals surface area contributed by atoms with Crippen molar-refractivity contribution < 1.29 is 51.6 Å². The molecule has 54 heavy (non-hydrogen) atoms. The molecule has 2 aromatic carbocycles. The molecular formula is C44H38N6O2Pt2-6. The van der Waals surface area contributed by atoms with Gasteiger partial charge in [0.05, 0.1) is 0 Å². The van der Waals surface area contributed by atoms with Crippen molar-refractivity contribution in [3.63, 3.8) is 0 Å². The third kappa shape index (κ3) is 12.1. The Bertz CT molecular complexity index is 1910. The van der Waals surface area contributed by atoms with Gasteiger partial charge in [0.25, 0.3) is 0 Å². The maximum absolute atomic E-state index is 7.09. The molecule has 4 aromatic heterocycles. The van der Waals surface area contributed by atoms with Gasteiger partial charge < -0.3 is 66.8 Å². The zero-order valence-electron chi connectivity index (χ0n) is 29.6. The minimum atomic E-state index is 0. The van der Waals surface area contributed by atoms with E-state index in [1.807, 2.05) is 24.3 Å². The molecule has 0 atom stereocenters. The summed E-state index contributed by atoms with van der Waals surface area (Å²) in [4.78, 5) is 16.9. The molecule has 282 valence electrons. The number of benzene rings is 2. The maximum atomic E-state index is 7.09. The average molecular weight is 1070 g/mol. The Morgan fingerprint density at radius 3 is 1.35 bits per heavy atom. The fourth-order valence-electron chi connectivity index (χ4n) is 6.38. The second-order valence-electron chi connectivity index (χ2n) is 12.4. The van der Waals surface area contributed by atoms with E-state index in [0.29, 0.717) is 46.2 Å². The Morgan fingerprint density at radius 1 is 0.556 bits per heavy atom. The molecule has 6 aromatic rings. The van der Waals surface area contributed by atoms with Crippen LogP contribution < -0.4 is 9.47 Å². The summed E-state index contributed by atoms with van der Waals surface area (Å²) in [5.41, 5.74) is 1.34. The molecule has 2 fully saturated rings. The molecule has 0 amide bonds. The summed E-state index contributed by atoms with van der Waals surface area (Å²) in [7, 11) is 0. The maximum Gasteiger partial charge on any atom is 0.215 e. The fraction of sp³-hybridized carbons (Fsp3) is 0.273. The Hall–Kier alpha value is -4.74. The monoisotopic (exact) mass is 1070 g/mol. The quantitative estimate of drug-likeness (QED) is 0.117. The van der Waals surface area contributed by atoms with Crippen molar-refractivity contribution in [1.29, 1.82) is 0 Å². The fourth-order valence-corrected chi connectivity index (χ4v) is 6.38. The standard InChI is InChI=1S/C22H12N2O2.2C11H13N2.2Pt/c1-3-13-23-21(11-1)25-19-9-5-7-17(15-19)18-8-6-10-20(16-18)26-22-12-2-4-14-24-22;2*1-2-13-9-8-12-11(13)10-6-4-3-5-7-10;;/h1-6,9-14H;2*8-10H,3-7H2;;/q-4;2*-1;;. The minimum Gasteiger partial charge on any atom is -0.669 e. The van der Waals surface area contributed by atoms with Crippen molar-refractivity contribution in [2.24, 2.45) is 0 Å². The molecule has 0 bridgehead atoms. The summed E-state index contributed by atoms with van der Waals surface area (Å²) in [6.07, 6.45) is 37.4. The average Bonchev–Trinajstić information content (AvgIpc) is 3.91. The van der Waals surface area contributed by atoms with Crippen LogP contribution in [0.3, 0.4) is 0 Å². The van der Waals surface area contributed by atoms with Crippen molar-refractivity contribution in [2.45, 2.75) is 76.0 Å². The van der Waals surface area contributed by atoms with E-state index in [9.17, 15) is 0 Å². The molecule has 0 radical (unpaired) electrons. The molecule has 0 saturated heterocycles. The van der Waals surface area contributed by atoms with Crippen LogP contribution in [0.25, 0.3) is 11.1 Å². The van der Waals surface area contributed by atoms with Gasteiger partial charge in [0, 0.05) is 103 Å². The summed E-state index contributed by atoms with van der Waals surface area (Å²) in [6.45, 7) is 0. The normalized spacial score (nSPS) is 13.8. The number of aromatic nitrogens is 6. The van der Waals surface area contributed by atoms with E-state index in [4.69, 9.17) is 22.3 Å². The third-order valence-corrected chi connectivity index (χ3v) is 8.90. The molecular weight excluding hydrogens is 1030 g/mol. The first-order chi connectivity index (χ1) is 25.7. The molecule has 0 N–H and O–H groups in total. The molecule has 10 heteroatoms. The van der Waals surface area contributed by atoms with Gasteiger partial charge >= 0.3 is 0 Å². The Kier molecular flexibility index (Phi) is 17.5. The number of rotatable bonds is 7. The van der Waals surface area contributed by atoms with Crippen LogP contribution in [0.4, 0.5) is 0 Å². The van der Waals surface area contributed by atoms with E-state index in [1.165, 1.54) is 64.2 Å². The van der Waals surface area contributed by atoms with Gasteiger partial charge in [0.1, 0.15) is 11.6 Å². The van der Waals surface area contributed by atoms with Crippen LogP contribution in [-0.2, 0) is 42.1 Å². The predicted molar refractivity (Wildman–Crippen MR) is 197 cm³/mol. The van der Waals surface area contributed by atoms with E-state index >= 15 is 0 Å². The van der Waals surface area contributed by atoms with E-state index in [-0.39, 0.29) is 42.1 Å². The minimum absolute atomic E-state index is 0. The van der Waals surface area contributed by atoms with Gasteiger partial charge in [-0.25, -0.2) is 32.0 Å². The molecule has 2 saturated carbocycles. The van der Waals surface area contributed by atoms with Gasteiger partial charge in [0.15, 0.2) is 0 Å². The van der Waals surface area contributed by atoms with Gasteiger partial charge in [-0.2, -0.15) is 12.1 Å². The summed E-state index contributed by atoms with van der Waals surface area (Å²) in [5, 5.41) is 0. The van der Waals surface area contributed by atoms with Crippen molar-refractivity contribution in [2.75, 3.05) is 0 Å². The Morgan fingerprint density at radius 2 is 0.981 bits per heavy atom. The van der Waals surface area contributed by atoms with Crippen molar-refractivity contribution in [1.82, 2.24) is 29.1 Å². The molecule has 0 spiro atoms. The van der Waals surface area contributed by atoms with Crippen molar-refractivity contribution in [3.8, 4) is 46.5 Å². The number of hydrogen-bond acceptors (Lipinski definition) is 6.